The number of aromatic nitrogens is 2. The largest absolute Gasteiger partial charge is 0.468 e. The number of carbonyl (C=O) groups is 1. The number of nitrogens with zero attached hydrogens (tertiary/aromatic N) is 4. The molecule has 2 aromatic rings. The second-order valence-corrected chi connectivity index (χ2v) is 6.01. The van der Waals surface area contributed by atoms with Gasteiger partial charge in [0, 0.05) is 31.7 Å². The van der Waals surface area contributed by atoms with E-state index >= 15 is 0 Å². The summed E-state index contributed by atoms with van der Waals surface area (Å²) in [6, 6.07) is 8.06. The summed E-state index contributed by atoms with van der Waals surface area (Å²) in [6.45, 7) is 6.40. The molecule has 1 fully saturated rings. The van der Waals surface area contributed by atoms with Crippen molar-refractivity contribution in [3.63, 3.8) is 0 Å². The first-order chi connectivity index (χ1) is 11.6. The number of hydrogen-bond donors (Lipinski definition) is 0. The monoisotopic (exact) mass is 330 g/mol. The molecule has 0 aliphatic carbocycles. The molecule has 1 aromatic heterocycles. The third-order valence-electron chi connectivity index (χ3n) is 4.18. The van der Waals surface area contributed by atoms with Gasteiger partial charge in [0.15, 0.2) is 0 Å². The quantitative estimate of drug-likeness (QED) is 0.766. The number of ether oxygens (including phenoxy) is 1. The molecular formula is C17H22N4O3. The minimum absolute atomic E-state index is 0.192. The van der Waals surface area contributed by atoms with E-state index in [0.29, 0.717) is 24.8 Å². The molecule has 0 radical (unpaired) electrons. The number of piperazine rings is 1. The van der Waals surface area contributed by atoms with Crippen LogP contribution in [0.4, 0.5) is 0 Å². The van der Waals surface area contributed by atoms with Gasteiger partial charge >= 0.3 is 5.97 Å². The summed E-state index contributed by atoms with van der Waals surface area (Å²) in [5, 5.41) is 4.06. The van der Waals surface area contributed by atoms with Gasteiger partial charge in [-0.05, 0) is 6.92 Å². The first-order valence-electron chi connectivity index (χ1n) is 8.05. The standard InChI is InChI=1S/C17H22N4O3/c1-13-3-5-14(6-4-13)17-18-15(24-19-17)11-20-7-9-21(10-8-20)12-16(22)23-2/h3-6H,7-12H2,1-2H3. The van der Waals surface area contributed by atoms with E-state index in [1.807, 2.05) is 31.2 Å². The molecule has 0 N–H and O–H groups in total. The summed E-state index contributed by atoms with van der Waals surface area (Å²) in [4.78, 5) is 20.1. The molecular weight excluding hydrogens is 308 g/mol. The molecule has 1 aliphatic heterocycles. The number of hydrogen-bond acceptors (Lipinski definition) is 7. The van der Waals surface area contributed by atoms with Crippen LogP contribution in [0.15, 0.2) is 28.8 Å². The maximum atomic E-state index is 11.3. The molecule has 1 aromatic carbocycles. The topological polar surface area (TPSA) is 71.7 Å². The molecule has 7 heteroatoms. The predicted octanol–water partition coefficient (Wildman–Crippen LogP) is 1.34. The lowest BCUT2D eigenvalue weighted by molar-refractivity contribution is -0.142. The highest BCUT2D eigenvalue weighted by Crippen LogP contribution is 2.17. The van der Waals surface area contributed by atoms with E-state index in [2.05, 4.69) is 19.9 Å². The fourth-order valence-electron chi connectivity index (χ4n) is 2.68. The lowest BCUT2D eigenvalue weighted by atomic mass is 10.1. The van der Waals surface area contributed by atoms with Gasteiger partial charge in [0.25, 0.3) is 0 Å². The van der Waals surface area contributed by atoms with Crippen molar-refractivity contribution in [2.24, 2.45) is 0 Å². The molecule has 0 amide bonds. The van der Waals surface area contributed by atoms with Crippen LogP contribution in [0.1, 0.15) is 11.5 Å². The van der Waals surface area contributed by atoms with Gasteiger partial charge in [0.1, 0.15) is 0 Å². The van der Waals surface area contributed by atoms with Crippen LogP contribution in [0.3, 0.4) is 0 Å². The van der Waals surface area contributed by atoms with Crippen molar-refractivity contribution in [1.82, 2.24) is 19.9 Å². The molecule has 0 atom stereocenters. The van der Waals surface area contributed by atoms with Gasteiger partial charge in [0.2, 0.25) is 11.7 Å². The molecule has 0 bridgehead atoms. The van der Waals surface area contributed by atoms with Crippen molar-refractivity contribution < 1.29 is 14.1 Å². The summed E-state index contributed by atoms with van der Waals surface area (Å²) in [5.41, 5.74) is 2.16. The summed E-state index contributed by atoms with van der Waals surface area (Å²) >= 11 is 0. The third-order valence-corrected chi connectivity index (χ3v) is 4.18. The Morgan fingerprint density at radius 2 is 1.83 bits per heavy atom. The third kappa shape index (κ3) is 4.18. The van der Waals surface area contributed by atoms with Crippen molar-refractivity contribution in [1.29, 1.82) is 0 Å². The Balaban J connectivity index is 1.53. The summed E-state index contributed by atoms with van der Waals surface area (Å²) in [5.74, 6) is 1.05. The number of methoxy groups -OCH3 is 1. The second kappa shape index (κ2) is 7.55. The average Bonchev–Trinajstić information content (AvgIpc) is 3.05. The summed E-state index contributed by atoms with van der Waals surface area (Å²) in [6.07, 6.45) is 0. The Hall–Kier alpha value is -2.25. The minimum atomic E-state index is -0.192. The van der Waals surface area contributed by atoms with Gasteiger partial charge in [-0.25, -0.2) is 0 Å². The van der Waals surface area contributed by atoms with Crippen LogP contribution in [0.5, 0.6) is 0 Å². The highest BCUT2D eigenvalue weighted by atomic mass is 16.5. The van der Waals surface area contributed by atoms with Gasteiger partial charge in [-0.3, -0.25) is 14.6 Å². The lowest BCUT2D eigenvalue weighted by Crippen LogP contribution is -2.47. The summed E-state index contributed by atoms with van der Waals surface area (Å²) < 4.78 is 10.1. The van der Waals surface area contributed by atoms with E-state index in [1.165, 1.54) is 12.7 Å². The van der Waals surface area contributed by atoms with Gasteiger partial charge < -0.3 is 9.26 Å². The zero-order valence-corrected chi connectivity index (χ0v) is 14.1. The number of esters is 1. The van der Waals surface area contributed by atoms with Crippen LogP contribution in [0.2, 0.25) is 0 Å². The Bertz CT molecular complexity index is 675. The van der Waals surface area contributed by atoms with E-state index in [9.17, 15) is 4.79 Å². The Morgan fingerprint density at radius 1 is 1.17 bits per heavy atom. The Kier molecular flexibility index (Phi) is 5.22. The van der Waals surface area contributed by atoms with Crippen LogP contribution in [0, 0.1) is 6.92 Å². The molecule has 7 nitrogen and oxygen atoms in total. The van der Waals surface area contributed by atoms with Crippen molar-refractivity contribution in [2.75, 3.05) is 39.8 Å². The van der Waals surface area contributed by atoms with E-state index in [0.717, 1.165) is 31.7 Å². The second-order valence-electron chi connectivity index (χ2n) is 6.01. The molecule has 0 unspecified atom stereocenters. The van der Waals surface area contributed by atoms with Crippen LogP contribution in [-0.4, -0.2) is 65.7 Å². The van der Waals surface area contributed by atoms with Crippen molar-refractivity contribution in [3.8, 4) is 11.4 Å². The highest BCUT2D eigenvalue weighted by molar-refractivity contribution is 5.71. The van der Waals surface area contributed by atoms with Crippen molar-refractivity contribution in [2.45, 2.75) is 13.5 Å². The van der Waals surface area contributed by atoms with Crippen LogP contribution in [0.25, 0.3) is 11.4 Å². The SMILES string of the molecule is COC(=O)CN1CCN(Cc2nc(-c3ccc(C)cc3)no2)CC1. The van der Waals surface area contributed by atoms with Gasteiger partial charge in [0.05, 0.1) is 20.2 Å². The van der Waals surface area contributed by atoms with Crippen LogP contribution >= 0.6 is 0 Å². The molecule has 1 saturated heterocycles. The normalized spacial score (nSPS) is 16.2. The van der Waals surface area contributed by atoms with E-state index in [1.54, 1.807) is 0 Å². The Labute approximate surface area is 141 Å². The molecule has 2 heterocycles. The maximum absolute atomic E-state index is 11.3. The number of rotatable bonds is 5. The van der Waals surface area contributed by atoms with Gasteiger partial charge in [-0.15, -0.1) is 0 Å². The average molecular weight is 330 g/mol. The molecule has 24 heavy (non-hydrogen) atoms. The maximum Gasteiger partial charge on any atom is 0.319 e. The number of carbonyl (C=O) groups excluding carboxylic acids is 1. The number of benzene rings is 1. The predicted molar refractivity (Wildman–Crippen MR) is 88.2 cm³/mol. The fraction of sp³-hybridized carbons (Fsp3) is 0.471. The minimum Gasteiger partial charge on any atom is -0.468 e. The zero-order chi connectivity index (χ0) is 16.9. The molecule has 3 rings (SSSR count). The van der Waals surface area contributed by atoms with Crippen molar-refractivity contribution in [3.05, 3.63) is 35.7 Å². The molecule has 128 valence electrons. The van der Waals surface area contributed by atoms with Gasteiger partial charge in [-0.2, -0.15) is 4.98 Å². The molecule has 0 saturated carbocycles. The fourth-order valence-corrected chi connectivity index (χ4v) is 2.68. The van der Waals surface area contributed by atoms with E-state index in [4.69, 9.17) is 9.26 Å². The zero-order valence-electron chi connectivity index (χ0n) is 14.1. The lowest BCUT2D eigenvalue weighted by Gasteiger charge is -2.33. The smallest absolute Gasteiger partial charge is 0.319 e. The van der Waals surface area contributed by atoms with Gasteiger partial charge in [-0.1, -0.05) is 35.0 Å². The molecule has 1 aliphatic rings. The first-order valence-corrected chi connectivity index (χ1v) is 8.05. The Morgan fingerprint density at radius 3 is 2.50 bits per heavy atom. The van der Waals surface area contributed by atoms with Crippen molar-refractivity contribution >= 4 is 5.97 Å². The van der Waals surface area contributed by atoms with E-state index < -0.39 is 0 Å². The van der Waals surface area contributed by atoms with Crippen LogP contribution in [-0.2, 0) is 16.1 Å². The first kappa shape index (κ1) is 16.6. The van der Waals surface area contributed by atoms with Crippen LogP contribution < -0.4 is 0 Å². The highest BCUT2D eigenvalue weighted by Gasteiger charge is 2.21. The summed E-state index contributed by atoms with van der Waals surface area (Å²) in [7, 11) is 1.42. The number of aryl methyl sites for hydroxylation is 1. The van der Waals surface area contributed by atoms with E-state index in [-0.39, 0.29) is 5.97 Å². The molecule has 0 spiro atoms.